The van der Waals surface area contributed by atoms with Gasteiger partial charge in [-0.3, -0.25) is 5.11 Å². The Morgan fingerprint density at radius 3 is 1.94 bits per heavy atom. The highest BCUT2D eigenvalue weighted by Gasteiger charge is 2.10. The van der Waals surface area contributed by atoms with Crippen LogP contribution in [0.3, 0.4) is 0 Å². The molecule has 0 amide bonds. The van der Waals surface area contributed by atoms with E-state index in [9.17, 15) is 5.11 Å². The van der Waals surface area contributed by atoms with E-state index in [-0.39, 0.29) is 5.75 Å². The van der Waals surface area contributed by atoms with Gasteiger partial charge in [0.2, 0.25) is 0 Å². The molecule has 0 spiro atoms. The summed E-state index contributed by atoms with van der Waals surface area (Å²) in [4.78, 5) is 0. The molecule has 0 heterocycles. The van der Waals surface area contributed by atoms with Gasteiger partial charge in [-0.25, -0.2) is 0 Å². The molecule has 0 bridgehead atoms. The number of benzene rings is 4. The third-order valence-electron chi connectivity index (χ3n) is 3.49. The highest BCUT2D eigenvalue weighted by molar-refractivity contribution is 6.23. The maximum Gasteiger partial charge on any atom is 0.186 e. The minimum Gasteiger partial charge on any atom is -0.289 e. The molecular formula is C16H9O. The molecule has 1 heteroatoms. The average molecular weight is 217 g/mol. The predicted octanol–water partition coefficient (Wildman–Crippen LogP) is 4.73. The Kier molecular flexibility index (Phi) is 1.50. The van der Waals surface area contributed by atoms with Crippen LogP contribution in [0.25, 0.3) is 32.3 Å². The quantitative estimate of drug-likeness (QED) is 0.379. The van der Waals surface area contributed by atoms with Crippen LogP contribution in [-0.2, 0) is 5.11 Å². The molecule has 0 unspecified atom stereocenters. The van der Waals surface area contributed by atoms with Gasteiger partial charge in [0.05, 0.1) is 0 Å². The molecule has 0 aliphatic rings. The third-order valence-corrected chi connectivity index (χ3v) is 3.49. The van der Waals surface area contributed by atoms with Crippen LogP contribution in [0.2, 0.25) is 0 Å². The Balaban J connectivity index is 2.48. The average Bonchev–Trinajstić information content (AvgIpc) is 2.38. The molecule has 0 aliphatic heterocycles. The largest absolute Gasteiger partial charge is 0.289 e. The van der Waals surface area contributed by atoms with Crippen molar-refractivity contribution in [1.29, 1.82) is 0 Å². The molecule has 4 aromatic carbocycles. The Morgan fingerprint density at radius 1 is 0.588 bits per heavy atom. The molecule has 0 aliphatic carbocycles. The van der Waals surface area contributed by atoms with Gasteiger partial charge in [-0.1, -0.05) is 42.5 Å². The van der Waals surface area contributed by atoms with Gasteiger partial charge in [0.15, 0.2) is 5.75 Å². The minimum atomic E-state index is 0.107. The number of rotatable bonds is 0. The lowest BCUT2D eigenvalue weighted by atomic mass is 9.94. The van der Waals surface area contributed by atoms with Gasteiger partial charge in [0.25, 0.3) is 0 Å². The summed E-state index contributed by atoms with van der Waals surface area (Å²) >= 11 is 0. The van der Waals surface area contributed by atoms with Crippen molar-refractivity contribution in [2.45, 2.75) is 0 Å². The first-order valence-electron chi connectivity index (χ1n) is 5.68. The summed E-state index contributed by atoms with van der Waals surface area (Å²) in [6.45, 7) is 0. The molecule has 1 radical (unpaired) electrons. The summed E-state index contributed by atoms with van der Waals surface area (Å²) in [5.74, 6) is 0.107. The highest BCUT2D eigenvalue weighted by atomic mass is 16.3. The zero-order chi connectivity index (χ0) is 11.4. The van der Waals surface area contributed by atoms with Crippen LogP contribution in [0.1, 0.15) is 0 Å². The normalized spacial score (nSPS) is 11.8. The molecule has 79 valence electrons. The number of hydrogen-bond donors (Lipinski definition) is 0. The summed E-state index contributed by atoms with van der Waals surface area (Å²) in [6.07, 6.45) is 0. The van der Waals surface area contributed by atoms with E-state index in [1.54, 1.807) is 6.07 Å². The fourth-order valence-corrected chi connectivity index (χ4v) is 2.71. The summed E-state index contributed by atoms with van der Waals surface area (Å²) in [5.41, 5.74) is 0. The van der Waals surface area contributed by atoms with Gasteiger partial charge in [0, 0.05) is 10.8 Å². The Morgan fingerprint density at radius 2 is 1.18 bits per heavy atom. The van der Waals surface area contributed by atoms with Crippen LogP contribution in [0.15, 0.2) is 54.6 Å². The van der Waals surface area contributed by atoms with Crippen molar-refractivity contribution in [3.8, 4) is 5.75 Å². The van der Waals surface area contributed by atoms with Crippen molar-refractivity contribution < 1.29 is 5.11 Å². The second-order valence-electron chi connectivity index (χ2n) is 4.42. The maximum absolute atomic E-state index is 11.9. The van der Waals surface area contributed by atoms with Crippen molar-refractivity contribution in [1.82, 2.24) is 0 Å². The molecule has 4 rings (SSSR count). The monoisotopic (exact) mass is 217 g/mol. The standard InChI is InChI=1S/C16H9O/c17-14-9-7-12-5-4-10-2-1-3-11-6-8-13(14)16(12)15(10)11/h1-9H. The second kappa shape index (κ2) is 2.89. The molecule has 0 aromatic heterocycles. The van der Waals surface area contributed by atoms with E-state index in [0.29, 0.717) is 0 Å². The molecule has 0 N–H and O–H groups in total. The molecule has 1 nitrogen and oxygen atoms in total. The maximum atomic E-state index is 11.9. The highest BCUT2D eigenvalue weighted by Crippen LogP contribution is 2.37. The fourth-order valence-electron chi connectivity index (χ4n) is 2.71. The summed E-state index contributed by atoms with van der Waals surface area (Å²) in [6, 6.07) is 18.0. The first-order valence-corrected chi connectivity index (χ1v) is 5.68. The van der Waals surface area contributed by atoms with E-state index in [4.69, 9.17) is 0 Å². The van der Waals surface area contributed by atoms with Crippen LogP contribution in [-0.4, -0.2) is 0 Å². The van der Waals surface area contributed by atoms with E-state index >= 15 is 0 Å². The van der Waals surface area contributed by atoms with E-state index < -0.39 is 0 Å². The lowest BCUT2D eigenvalue weighted by Gasteiger charge is -2.10. The second-order valence-corrected chi connectivity index (χ2v) is 4.42. The van der Waals surface area contributed by atoms with Crippen molar-refractivity contribution in [2.24, 2.45) is 0 Å². The van der Waals surface area contributed by atoms with Crippen molar-refractivity contribution in [3.05, 3.63) is 54.6 Å². The van der Waals surface area contributed by atoms with E-state index in [2.05, 4.69) is 30.3 Å². The molecule has 17 heavy (non-hydrogen) atoms. The van der Waals surface area contributed by atoms with Crippen LogP contribution in [0, 0.1) is 0 Å². The van der Waals surface area contributed by atoms with Crippen molar-refractivity contribution in [2.75, 3.05) is 0 Å². The molecule has 0 atom stereocenters. The first-order chi connectivity index (χ1) is 8.34. The topological polar surface area (TPSA) is 19.9 Å². The van der Waals surface area contributed by atoms with E-state index in [0.717, 1.165) is 16.2 Å². The lowest BCUT2D eigenvalue weighted by Crippen LogP contribution is -1.83. The van der Waals surface area contributed by atoms with Crippen LogP contribution >= 0.6 is 0 Å². The van der Waals surface area contributed by atoms with Crippen LogP contribution in [0.5, 0.6) is 5.75 Å². The zero-order valence-electron chi connectivity index (χ0n) is 9.10. The number of hydrogen-bond acceptors (Lipinski definition) is 0. The Bertz CT molecular complexity index is 830. The summed E-state index contributed by atoms with van der Waals surface area (Å²) in [7, 11) is 0. The fraction of sp³-hybridized carbons (Fsp3) is 0. The van der Waals surface area contributed by atoms with Gasteiger partial charge in [-0.2, -0.15) is 0 Å². The Hall–Kier alpha value is -2.28. The van der Waals surface area contributed by atoms with Crippen LogP contribution < -0.4 is 0 Å². The minimum absolute atomic E-state index is 0.107. The SMILES string of the molecule is [O]c1ccc2ccc3cccc4ccc1c2c34. The van der Waals surface area contributed by atoms with Gasteiger partial charge < -0.3 is 0 Å². The zero-order valence-corrected chi connectivity index (χ0v) is 9.10. The molecule has 4 aromatic rings. The van der Waals surface area contributed by atoms with Gasteiger partial charge in [-0.15, -0.1) is 0 Å². The molecule has 0 saturated carbocycles. The molecular weight excluding hydrogens is 208 g/mol. The third kappa shape index (κ3) is 1.03. The first kappa shape index (κ1) is 8.82. The van der Waals surface area contributed by atoms with Crippen molar-refractivity contribution >= 4 is 32.3 Å². The lowest BCUT2D eigenvalue weighted by molar-refractivity contribution is 0.360. The van der Waals surface area contributed by atoms with Gasteiger partial charge >= 0.3 is 0 Å². The van der Waals surface area contributed by atoms with Crippen molar-refractivity contribution in [3.63, 3.8) is 0 Å². The smallest absolute Gasteiger partial charge is 0.186 e. The Labute approximate surface area is 98.2 Å². The van der Waals surface area contributed by atoms with E-state index in [1.807, 2.05) is 18.2 Å². The van der Waals surface area contributed by atoms with Crippen LogP contribution in [0.4, 0.5) is 0 Å². The molecule has 0 saturated heterocycles. The van der Waals surface area contributed by atoms with E-state index in [1.165, 1.54) is 16.2 Å². The summed E-state index contributed by atoms with van der Waals surface area (Å²) < 4.78 is 0. The predicted molar refractivity (Wildman–Crippen MR) is 70.3 cm³/mol. The molecule has 0 fully saturated rings. The summed E-state index contributed by atoms with van der Waals surface area (Å²) in [5, 5.41) is 18.6. The van der Waals surface area contributed by atoms with Gasteiger partial charge in [-0.05, 0) is 33.7 Å². The van der Waals surface area contributed by atoms with Gasteiger partial charge in [0.1, 0.15) is 0 Å².